The molecule has 2 rings (SSSR count). The predicted octanol–water partition coefficient (Wildman–Crippen LogP) is 2.57. The lowest BCUT2D eigenvalue weighted by Crippen LogP contribution is -1.98. The standard InChI is InChI=1S/C8H4Cl2O2/c9-4-1-5-7(11)3-12-8(5)6(10)2-4/h1-2H,3H2. The van der Waals surface area contributed by atoms with E-state index < -0.39 is 0 Å². The van der Waals surface area contributed by atoms with Crippen LogP contribution in [0.3, 0.4) is 0 Å². The molecule has 0 atom stereocenters. The number of carbonyl (C=O) groups is 1. The zero-order chi connectivity index (χ0) is 8.72. The number of hydrogen-bond acceptors (Lipinski definition) is 2. The number of ketones is 1. The number of fused-ring (bicyclic) bond motifs is 1. The van der Waals surface area contributed by atoms with E-state index in [1.165, 1.54) is 0 Å². The van der Waals surface area contributed by atoms with Gasteiger partial charge in [0.1, 0.15) is 5.75 Å². The van der Waals surface area contributed by atoms with Crippen LogP contribution in [0.1, 0.15) is 10.4 Å². The molecule has 0 aliphatic carbocycles. The Kier molecular flexibility index (Phi) is 1.74. The smallest absolute Gasteiger partial charge is 0.204 e. The Morgan fingerprint density at radius 3 is 2.83 bits per heavy atom. The van der Waals surface area contributed by atoms with E-state index in [9.17, 15) is 4.79 Å². The molecule has 1 aliphatic heterocycles. The van der Waals surface area contributed by atoms with Gasteiger partial charge in [-0.2, -0.15) is 0 Å². The van der Waals surface area contributed by atoms with Gasteiger partial charge in [0.25, 0.3) is 0 Å². The highest BCUT2D eigenvalue weighted by Gasteiger charge is 2.23. The zero-order valence-corrected chi connectivity index (χ0v) is 7.45. The van der Waals surface area contributed by atoms with Crippen molar-refractivity contribution in [2.45, 2.75) is 0 Å². The molecule has 0 N–H and O–H groups in total. The van der Waals surface area contributed by atoms with Crippen molar-refractivity contribution in [1.82, 2.24) is 0 Å². The number of carbonyl (C=O) groups excluding carboxylic acids is 1. The highest BCUT2D eigenvalue weighted by molar-refractivity contribution is 6.36. The fraction of sp³-hybridized carbons (Fsp3) is 0.125. The first kappa shape index (κ1) is 7.90. The molecule has 1 heterocycles. The van der Waals surface area contributed by atoms with E-state index in [1.54, 1.807) is 12.1 Å². The van der Waals surface area contributed by atoms with Crippen LogP contribution in [-0.2, 0) is 0 Å². The Bertz CT molecular complexity index is 360. The molecule has 0 saturated carbocycles. The number of benzene rings is 1. The summed E-state index contributed by atoms with van der Waals surface area (Å²) < 4.78 is 5.06. The topological polar surface area (TPSA) is 26.3 Å². The van der Waals surface area contributed by atoms with Gasteiger partial charge in [0.15, 0.2) is 6.61 Å². The first-order valence-corrected chi connectivity index (χ1v) is 4.09. The summed E-state index contributed by atoms with van der Waals surface area (Å²) in [5, 5.41) is 0.848. The summed E-state index contributed by atoms with van der Waals surface area (Å²) in [5.41, 5.74) is 0.479. The molecule has 1 aromatic carbocycles. The van der Waals surface area contributed by atoms with Crippen LogP contribution in [0.15, 0.2) is 12.1 Å². The summed E-state index contributed by atoms with van der Waals surface area (Å²) in [6, 6.07) is 3.12. The van der Waals surface area contributed by atoms with Gasteiger partial charge < -0.3 is 4.74 Å². The molecule has 0 bridgehead atoms. The molecule has 12 heavy (non-hydrogen) atoms. The average Bonchev–Trinajstić information content (AvgIpc) is 2.33. The fourth-order valence-electron chi connectivity index (χ4n) is 1.13. The molecule has 62 valence electrons. The van der Waals surface area contributed by atoms with Gasteiger partial charge in [-0.15, -0.1) is 0 Å². The quantitative estimate of drug-likeness (QED) is 0.647. The first-order valence-electron chi connectivity index (χ1n) is 3.33. The fourth-order valence-corrected chi connectivity index (χ4v) is 1.68. The molecule has 0 fully saturated rings. The average molecular weight is 203 g/mol. The molecule has 2 nitrogen and oxygen atoms in total. The third kappa shape index (κ3) is 1.08. The number of ether oxygens (including phenoxy) is 1. The number of Topliss-reactive ketones (excluding diaryl/α,β-unsaturated/α-hetero) is 1. The van der Waals surface area contributed by atoms with Crippen LogP contribution in [0.2, 0.25) is 10.0 Å². The van der Waals surface area contributed by atoms with E-state index in [2.05, 4.69) is 0 Å². The summed E-state index contributed by atoms with van der Waals surface area (Å²) >= 11 is 11.5. The van der Waals surface area contributed by atoms with E-state index in [-0.39, 0.29) is 12.4 Å². The molecule has 4 heteroatoms. The molecule has 0 amide bonds. The van der Waals surface area contributed by atoms with Gasteiger partial charge >= 0.3 is 0 Å². The molecule has 1 aliphatic rings. The van der Waals surface area contributed by atoms with E-state index in [1.807, 2.05) is 0 Å². The SMILES string of the molecule is O=C1COc2c(Cl)cc(Cl)cc21. The summed E-state index contributed by atoms with van der Waals surface area (Å²) in [6.45, 7) is 0.0649. The molecule has 0 unspecified atom stereocenters. The Labute approximate surface area is 79.0 Å². The zero-order valence-electron chi connectivity index (χ0n) is 5.93. The van der Waals surface area contributed by atoms with Crippen LogP contribution in [0.25, 0.3) is 0 Å². The second-order valence-corrected chi connectivity index (χ2v) is 3.32. The van der Waals surface area contributed by atoms with Crippen molar-refractivity contribution in [3.05, 3.63) is 27.7 Å². The second kappa shape index (κ2) is 2.64. The van der Waals surface area contributed by atoms with E-state index in [0.29, 0.717) is 21.4 Å². The van der Waals surface area contributed by atoms with Crippen LogP contribution in [0, 0.1) is 0 Å². The highest BCUT2D eigenvalue weighted by Crippen LogP contribution is 2.35. The Morgan fingerprint density at radius 1 is 1.33 bits per heavy atom. The number of rotatable bonds is 0. The van der Waals surface area contributed by atoms with Gasteiger partial charge in [0, 0.05) is 5.02 Å². The van der Waals surface area contributed by atoms with Crippen LogP contribution < -0.4 is 4.74 Å². The van der Waals surface area contributed by atoms with Crippen LogP contribution in [0.5, 0.6) is 5.75 Å². The molecular formula is C8H4Cl2O2. The molecular weight excluding hydrogens is 199 g/mol. The lowest BCUT2D eigenvalue weighted by Gasteiger charge is -1.99. The number of hydrogen-bond donors (Lipinski definition) is 0. The largest absolute Gasteiger partial charge is 0.483 e. The minimum atomic E-state index is -0.0746. The van der Waals surface area contributed by atoms with Crippen molar-refractivity contribution in [3.63, 3.8) is 0 Å². The van der Waals surface area contributed by atoms with Crippen molar-refractivity contribution < 1.29 is 9.53 Å². The lowest BCUT2D eigenvalue weighted by molar-refractivity contribution is 0.0961. The van der Waals surface area contributed by atoms with Crippen molar-refractivity contribution in [2.24, 2.45) is 0 Å². The summed E-state index contributed by atoms with van der Waals surface area (Å²) in [6.07, 6.45) is 0. The van der Waals surface area contributed by atoms with Gasteiger partial charge in [-0.25, -0.2) is 0 Å². The van der Waals surface area contributed by atoms with Crippen LogP contribution in [-0.4, -0.2) is 12.4 Å². The maximum atomic E-state index is 11.1. The first-order chi connectivity index (χ1) is 5.68. The highest BCUT2D eigenvalue weighted by atomic mass is 35.5. The van der Waals surface area contributed by atoms with Crippen molar-refractivity contribution in [2.75, 3.05) is 6.61 Å². The third-order valence-corrected chi connectivity index (χ3v) is 2.16. The van der Waals surface area contributed by atoms with Gasteiger partial charge in [0.05, 0.1) is 10.6 Å². The second-order valence-electron chi connectivity index (χ2n) is 2.48. The molecule has 1 aromatic rings. The molecule has 0 radical (unpaired) electrons. The summed E-state index contributed by atoms with van der Waals surface area (Å²) in [4.78, 5) is 11.1. The lowest BCUT2D eigenvalue weighted by atomic mass is 10.1. The van der Waals surface area contributed by atoms with Gasteiger partial charge in [-0.1, -0.05) is 23.2 Å². The van der Waals surface area contributed by atoms with E-state index in [0.717, 1.165) is 0 Å². The molecule has 0 aromatic heterocycles. The Morgan fingerprint density at radius 2 is 2.08 bits per heavy atom. The van der Waals surface area contributed by atoms with Gasteiger partial charge in [0.2, 0.25) is 5.78 Å². The maximum absolute atomic E-state index is 11.1. The van der Waals surface area contributed by atoms with Gasteiger partial charge in [-0.3, -0.25) is 4.79 Å². The summed E-state index contributed by atoms with van der Waals surface area (Å²) in [5.74, 6) is 0.375. The monoisotopic (exact) mass is 202 g/mol. The normalized spacial score (nSPS) is 14.3. The van der Waals surface area contributed by atoms with Crippen LogP contribution in [0.4, 0.5) is 0 Å². The summed E-state index contributed by atoms with van der Waals surface area (Å²) in [7, 11) is 0. The Balaban J connectivity index is 2.68. The van der Waals surface area contributed by atoms with Crippen molar-refractivity contribution >= 4 is 29.0 Å². The third-order valence-electron chi connectivity index (χ3n) is 1.66. The predicted molar refractivity (Wildman–Crippen MR) is 46.3 cm³/mol. The molecule has 0 saturated heterocycles. The van der Waals surface area contributed by atoms with E-state index >= 15 is 0 Å². The van der Waals surface area contributed by atoms with Crippen LogP contribution >= 0.6 is 23.2 Å². The van der Waals surface area contributed by atoms with E-state index in [4.69, 9.17) is 27.9 Å². The minimum Gasteiger partial charge on any atom is -0.483 e. The molecule has 0 spiro atoms. The van der Waals surface area contributed by atoms with Crippen molar-refractivity contribution in [3.8, 4) is 5.75 Å². The number of halogens is 2. The Hall–Kier alpha value is -0.730. The van der Waals surface area contributed by atoms with Gasteiger partial charge in [-0.05, 0) is 12.1 Å². The minimum absolute atomic E-state index is 0.0649. The van der Waals surface area contributed by atoms with Crippen molar-refractivity contribution in [1.29, 1.82) is 0 Å². The maximum Gasteiger partial charge on any atom is 0.204 e.